The fourth-order valence-corrected chi connectivity index (χ4v) is 4.09. The Morgan fingerprint density at radius 3 is 2.91 bits per heavy atom. The van der Waals surface area contributed by atoms with E-state index in [-0.39, 0.29) is 6.79 Å². The first-order chi connectivity index (χ1) is 11.0. The molecule has 2 aromatic rings. The van der Waals surface area contributed by atoms with Crippen molar-refractivity contribution in [2.24, 2.45) is 0 Å². The highest BCUT2D eigenvalue weighted by atomic mass is 35.5. The fourth-order valence-electron chi connectivity index (χ4n) is 2.68. The molecule has 5 nitrogen and oxygen atoms in total. The molecule has 7 heteroatoms. The second-order valence-corrected chi connectivity index (χ2v) is 7.52. The van der Waals surface area contributed by atoms with Crippen LogP contribution in [0, 0.1) is 13.8 Å². The SMILES string of the molecule is Cc1noc(C)c1CCS(=O)Cc1cc(Cl)cc2c1OCOC2. The average Bonchev–Trinajstić information content (AvgIpc) is 2.84. The van der Waals surface area contributed by atoms with Gasteiger partial charge in [0.2, 0.25) is 0 Å². The standard InChI is InChI=1S/C16H18ClNO4S/c1-10-15(11(2)22-18-10)3-4-23(19)8-13-6-14(17)5-12-7-20-9-21-16(12)13/h5-6H,3-4,7-9H2,1-2H3. The molecule has 0 bridgehead atoms. The van der Waals surface area contributed by atoms with Crippen LogP contribution in [0.2, 0.25) is 5.02 Å². The molecule has 1 aliphatic rings. The first-order valence-corrected chi connectivity index (χ1v) is 9.19. The van der Waals surface area contributed by atoms with Crippen LogP contribution in [0.15, 0.2) is 16.7 Å². The molecule has 1 aromatic carbocycles. The van der Waals surface area contributed by atoms with Gasteiger partial charge in [0, 0.05) is 38.3 Å². The minimum atomic E-state index is -1.03. The van der Waals surface area contributed by atoms with Crippen LogP contribution >= 0.6 is 11.6 Å². The van der Waals surface area contributed by atoms with E-state index in [0.29, 0.717) is 29.6 Å². The third-order valence-electron chi connectivity index (χ3n) is 3.83. The minimum absolute atomic E-state index is 0.216. The van der Waals surface area contributed by atoms with Gasteiger partial charge in [-0.15, -0.1) is 0 Å². The maximum atomic E-state index is 12.5. The van der Waals surface area contributed by atoms with Gasteiger partial charge >= 0.3 is 0 Å². The van der Waals surface area contributed by atoms with E-state index in [1.807, 2.05) is 26.0 Å². The lowest BCUT2D eigenvalue weighted by Gasteiger charge is -2.21. The van der Waals surface area contributed by atoms with Gasteiger partial charge in [-0.3, -0.25) is 4.21 Å². The summed E-state index contributed by atoms with van der Waals surface area (Å²) in [7, 11) is -1.03. The van der Waals surface area contributed by atoms with Gasteiger partial charge in [-0.1, -0.05) is 16.8 Å². The van der Waals surface area contributed by atoms with Gasteiger partial charge in [0.1, 0.15) is 11.5 Å². The van der Waals surface area contributed by atoms with E-state index in [9.17, 15) is 4.21 Å². The Balaban J connectivity index is 1.70. The van der Waals surface area contributed by atoms with E-state index in [1.54, 1.807) is 0 Å². The second-order valence-electron chi connectivity index (χ2n) is 5.50. The van der Waals surface area contributed by atoms with Gasteiger partial charge in [0.05, 0.1) is 18.1 Å². The van der Waals surface area contributed by atoms with Crippen molar-refractivity contribution in [3.05, 3.63) is 45.3 Å². The van der Waals surface area contributed by atoms with Gasteiger partial charge in [-0.2, -0.15) is 0 Å². The molecule has 0 fully saturated rings. The number of hydrogen-bond donors (Lipinski definition) is 0. The molecular formula is C16H18ClNO4S. The zero-order valence-electron chi connectivity index (χ0n) is 13.1. The summed E-state index contributed by atoms with van der Waals surface area (Å²) in [6.45, 7) is 4.46. The van der Waals surface area contributed by atoms with Crippen LogP contribution in [0.5, 0.6) is 5.75 Å². The molecule has 0 radical (unpaired) electrons. The molecule has 124 valence electrons. The number of ether oxygens (including phenoxy) is 2. The van der Waals surface area contributed by atoms with Gasteiger partial charge in [-0.25, -0.2) is 0 Å². The molecule has 0 spiro atoms. The zero-order chi connectivity index (χ0) is 16.4. The highest BCUT2D eigenvalue weighted by molar-refractivity contribution is 7.84. The van der Waals surface area contributed by atoms with E-state index in [2.05, 4.69) is 5.16 Å². The van der Waals surface area contributed by atoms with E-state index in [4.69, 9.17) is 25.6 Å². The molecule has 0 aliphatic carbocycles. The summed E-state index contributed by atoms with van der Waals surface area (Å²) in [6.07, 6.45) is 0.681. The lowest BCUT2D eigenvalue weighted by Crippen LogP contribution is -2.14. The Morgan fingerprint density at radius 1 is 1.35 bits per heavy atom. The number of hydrogen-bond acceptors (Lipinski definition) is 5. The molecular weight excluding hydrogens is 338 g/mol. The predicted octanol–water partition coefficient (Wildman–Crippen LogP) is 3.30. The Morgan fingerprint density at radius 2 is 2.17 bits per heavy atom. The molecule has 3 rings (SSSR count). The molecule has 1 unspecified atom stereocenters. The van der Waals surface area contributed by atoms with Gasteiger partial charge < -0.3 is 14.0 Å². The molecule has 0 saturated heterocycles. The molecule has 1 atom stereocenters. The Labute approximate surface area is 142 Å². The fraction of sp³-hybridized carbons (Fsp3) is 0.438. The van der Waals surface area contributed by atoms with E-state index >= 15 is 0 Å². The van der Waals surface area contributed by atoms with Crippen molar-refractivity contribution >= 4 is 22.4 Å². The maximum Gasteiger partial charge on any atom is 0.189 e. The lowest BCUT2D eigenvalue weighted by atomic mass is 10.1. The normalized spacial score (nSPS) is 15.1. The number of rotatable bonds is 5. The zero-order valence-corrected chi connectivity index (χ0v) is 14.6. The lowest BCUT2D eigenvalue weighted by molar-refractivity contribution is -0.0169. The first-order valence-electron chi connectivity index (χ1n) is 7.33. The molecule has 1 aliphatic heterocycles. The predicted molar refractivity (Wildman–Crippen MR) is 88.1 cm³/mol. The van der Waals surface area contributed by atoms with Crippen LogP contribution in [-0.4, -0.2) is 21.9 Å². The number of halogens is 1. The van der Waals surface area contributed by atoms with Crippen molar-refractivity contribution < 1.29 is 18.2 Å². The van der Waals surface area contributed by atoms with E-state index in [1.165, 1.54) is 0 Å². The highest BCUT2D eigenvalue weighted by Gasteiger charge is 2.18. The third kappa shape index (κ3) is 3.76. The average molecular weight is 356 g/mol. The van der Waals surface area contributed by atoms with Crippen LogP contribution < -0.4 is 4.74 Å². The van der Waals surface area contributed by atoms with Crippen LogP contribution in [0.4, 0.5) is 0 Å². The molecule has 0 saturated carbocycles. The van der Waals surface area contributed by atoms with Crippen molar-refractivity contribution in [2.45, 2.75) is 32.6 Å². The van der Waals surface area contributed by atoms with Gasteiger partial charge in [-0.05, 0) is 32.4 Å². The molecule has 23 heavy (non-hydrogen) atoms. The second kappa shape index (κ2) is 7.03. The molecule has 1 aromatic heterocycles. The molecule has 2 heterocycles. The largest absolute Gasteiger partial charge is 0.467 e. The Bertz CT molecular complexity index is 724. The summed E-state index contributed by atoms with van der Waals surface area (Å²) in [6, 6.07) is 3.64. The smallest absolute Gasteiger partial charge is 0.189 e. The summed E-state index contributed by atoms with van der Waals surface area (Å²) >= 11 is 6.13. The van der Waals surface area contributed by atoms with Crippen molar-refractivity contribution in [1.82, 2.24) is 5.16 Å². The van der Waals surface area contributed by atoms with Gasteiger partial charge in [0.25, 0.3) is 0 Å². The minimum Gasteiger partial charge on any atom is -0.467 e. The Hall–Kier alpha value is -1.37. The summed E-state index contributed by atoms with van der Waals surface area (Å²) < 4.78 is 28.4. The topological polar surface area (TPSA) is 61.6 Å². The van der Waals surface area contributed by atoms with Gasteiger partial charge in [0.15, 0.2) is 6.79 Å². The highest BCUT2D eigenvalue weighted by Crippen LogP contribution is 2.32. The first kappa shape index (κ1) is 16.5. The van der Waals surface area contributed by atoms with Crippen molar-refractivity contribution in [3.8, 4) is 5.75 Å². The maximum absolute atomic E-state index is 12.5. The Kier molecular flexibility index (Phi) is 5.04. The number of fused-ring (bicyclic) bond motifs is 1. The quantitative estimate of drug-likeness (QED) is 0.823. The van der Waals surface area contributed by atoms with Crippen LogP contribution in [-0.2, 0) is 34.3 Å². The molecule has 0 amide bonds. The number of benzene rings is 1. The van der Waals surface area contributed by atoms with Crippen molar-refractivity contribution in [1.29, 1.82) is 0 Å². The summed E-state index contributed by atoms with van der Waals surface area (Å²) in [4.78, 5) is 0. The number of nitrogens with zero attached hydrogens (tertiary/aromatic N) is 1. The van der Waals surface area contributed by atoms with E-state index in [0.717, 1.165) is 33.9 Å². The summed E-state index contributed by atoms with van der Waals surface area (Å²) in [5.74, 6) is 2.50. The van der Waals surface area contributed by atoms with Crippen molar-refractivity contribution in [3.63, 3.8) is 0 Å². The van der Waals surface area contributed by atoms with Crippen molar-refractivity contribution in [2.75, 3.05) is 12.5 Å². The van der Waals surface area contributed by atoms with Crippen LogP contribution in [0.3, 0.4) is 0 Å². The number of aryl methyl sites for hydroxylation is 2. The van der Waals surface area contributed by atoms with Crippen LogP contribution in [0.25, 0.3) is 0 Å². The van der Waals surface area contributed by atoms with E-state index < -0.39 is 10.8 Å². The summed E-state index contributed by atoms with van der Waals surface area (Å²) in [5.41, 5.74) is 3.67. The third-order valence-corrected chi connectivity index (χ3v) is 5.34. The van der Waals surface area contributed by atoms with Crippen LogP contribution in [0.1, 0.15) is 28.1 Å². The monoisotopic (exact) mass is 355 g/mol. The summed E-state index contributed by atoms with van der Waals surface area (Å²) in [5, 5.41) is 4.53. The number of aromatic nitrogens is 1. The molecule has 0 N–H and O–H groups in total.